The minimum absolute atomic E-state index is 1.06. The van der Waals surface area contributed by atoms with Crippen LogP contribution in [-0.4, -0.2) is 0 Å². The van der Waals surface area contributed by atoms with Crippen LogP contribution in [0.1, 0.15) is 83.1 Å². The van der Waals surface area contributed by atoms with Gasteiger partial charge < -0.3 is 58.7 Å². The lowest BCUT2D eigenvalue weighted by atomic mass is 10.5. The fourth-order valence-corrected chi connectivity index (χ4v) is 7.74. The van der Waals surface area contributed by atoms with E-state index in [1.54, 1.807) is 0 Å². The molecule has 12 rings (SSSR count). The van der Waals surface area contributed by atoms with Crippen LogP contribution in [-0.2, 0) is 78.5 Å². The standard InChI is InChI=1S/12C7H10N.6FO2P/c12*1-2-8-6-4-3-5-7-8;6*1-4(2)3/h12*3-7H,2H2,1H3;;;;;;/q12*+1;6*-2. The summed E-state index contributed by atoms with van der Waals surface area (Å²) in [5.74, 6) is 0. The van der Waals surface area contributed by atoms with Gasteiger partial charge in [-0.2, -0.15) is 0 Å². The van der Waals surface area contributed by atoms with Crippen molar-refractivity contribution in [2.45, 2.75) is 162 Å². The SMILES string of the molecule is CC[n+]1ccccc1.CC[n+]1ccccc1.CC[n+]1ccccc1.CC[n+]1ccccc1.CC[n+]1ccccc1.CC[n+]1ccccc1.CC[n+]1ccccc1.CC[n+]1ccccc1.CC[n+]1ccccc1.CC[n+]1ccccc1.CC[n+]1ccccc1.CC[n+]1ccccc1.[O-]P([O-])F.[O-]P([O-])F.[O-]P([O-])F.[O-]P([O-])F.[O-]P([O-])F.[O-]P([O-])F. The summed E-state index contributed by atoms with van der Waals surface area (Å²) in [6, 6.07) is 73.0. The van der Waals surface area contributed by atoms with Gasteiger partial charge in [0, 0.05) is 146 Å². The highest BCUT2D eigenvalue weighted by Crippen LogP contribution is 2.10. The highest BCUT2D eigenvalue weighted by Gasteiger charge is 1.94. The zero-order chi connectivity index (χ0) is 91.3. The fraction of sp³-hybridized carbons (Fsp3) is 0.286. The monoisotopic (exact) mass is 1790 g/mol. The van der Waals surface area contributed by atoms with Gasteiger partial charge in [-0.05, 0) is 83.1 Å². The van der Waals surface area contributed by atoms with E-state index in [0.29, 0.717) is 0 Å². The maximum Gasteiger partial charge on any atom is 0.168 e. The van der Waals surface area contributed by atoms with Crippen LogP contribution in [0.2, 0.25) is 0 Å². The first kappa shape index (κ1) is 122. The van der Waals surface area contributed by atoms with Crippen molar-refractivity contribution in [3.05, 3.63) is 367 Å². The Hall–Kier alpha value is -8.52. The second-order valence-corrected chi connectivity index (χ2v) is 24.3. The van der Waals surface area contributed by atoms with Gasteiger partial charge in [0.15, 0.2) is 149 Å². The summed E-state index contributed by atoms with van der Waals surface area (Å²) in [7, 11) is -21.7. The van der Waals surface area contributed by atoms with Gasteiger partial charge in [-0.1, -0.05) is 72.8 Å². The van der Waals surface area contributed by atoms with Crippen LogP contribution in [0.25, 0.3) is 0 Å². The average molecular weight is 1790 g/mol. The van der Waals surface area contributed by atoms with Gasteiger partial charge in [-0.25, -0.2) is 54.8 Å². The average Bonchev–Trinajstić information content (AvgIpc) is 1.11. The topological polar surface area (TPSA) is 323 Å². The Balaban J connectivity index is -0.000000289. The molecule has 24 nitrogen and oxygen atoms in total. The van der Waals surface area contributed by atoms with Crippen molar-refractivity contribution in [3.63, 3.8) is 0 Å². The molecule has 0 unspecified atom stereocenters. The Bertz CT molecular complexity index is 2980. The van der Waals surface area contributed by atoms with Crippen molar-refractivity contribution in [1.29, 1.82) is 0 Å². The molecule has 0 aliphatic carbocycles. The first-order valence-electron chi connectivity index (χ1n) is 37.7. The number of aromatic nitrogens is 12. The molecule has 0 saturated carbocycles. The number of halogens is 6. The lowest BCUT2D eigenvalue weighted by molar-refractivity contribution is -0.693. The molecule has 0 radical (unpaired) electrons. The van der Waals surface area contributed by atoms with Crippen molar-refractivity contribution in [2.24, 2.45) is 0 Å². The highest BCUT2D eigenvalue weighted by atomic mass is 31.2. The number of nitrogens with zero attached hydrogens (tertiary/aromatic N) is 12. The Kier molecular flexibility index (Phi) is 97.8. The molecule has 12 aromatic rings. The molecule has 0 aliphatic heterocycles. The van der Waals surface area contributed by atoms with Crippen molar-refractivity contribution >= 4 is 52.1 Å². The molecule has 0 amide bonds. The zero-order valence-electron chi connectivity index (χ0n) is 70.3. The van der Waals surface area contributed by atoms with Crippen LogP contribution < -0.4 is 114 Å². The van der Waals surface area contributed by atoms with Crippen molar-refractivity contribution in [1.82, 2.24) is 0 Å². The van der Waals surface area contributed by atoms with E-state index in [0.717, 1.165) is 78.5 Å². The van der Waals surface area contributed by atoms with Gasteiger partial charge in [-0.3, -0.25) is 25.2 Å². The fourth-order valence-electron chi connectivity index (χ4n) is 7.74. The third-order valence-corrected chi connectivity index (χ3v) is 13.7. The van der Waals surface area contributed by atoms with Crippen molar-refractivity contribution < 1.29 is 139 Å². The van der Waals surface area contributed by atoms with E-state index in [-0.39, 0.29) is 0 Å². The number of rotatable bonds is 12. The molecule has 0 fully saturated rings. The van der Waals surface area contributed by atoms with E-state index in [4.69, 9.17) is 58.7 Å². The molecule has 12 aromatic heterocycles. The van der Waals surface area contributed by atoms with Crippen LogP contribution in [0.15, 0.2) is 367 Å². The summed E-state index contributed by atoms with van der Waals surface area (Å²) in [6.45, 7) is 38.2. The minimum atomic E-state index is -3.62. The predicted octanol–water partition coefficient (Wildman–Crippen LogP) is 5.35. The van der Waals surface area contributed by atoms with Gasteiger partial charge in [-0.15, -0.1) is 52.1 Å². The van der Waals surface area contributed by atoms with E-state index < -0.39 is 52.1 Å². The van der Waals surface area contributed by atoms with Gasteiger partial charge in [0.1, 0.15) is 78.5 Å². The lowest BCUT2D eigenvalue weighted by Crippen LogP contribution is -2.30. The molecule has 0 saturated heterocycles. The molecular formula is C84H120F6N12O12P6. The summed E-state index contributed by atoms with van der Waals surface area (Å²) in [6.07, 6.45) is 49.3. The highest BCUT2D eigenvalue weighted by molar-refractivity contribution is 7.36. The summed E-state index contributed by atoms with van der Waals surface area (Å²) in [5.41, 5.74) is 0. The molecular weight excluding hydrogens is 1670 g/mol. The second kappa shape index (κ2) is 95.9. The molecule has 0 N–H and O–H groups in total. The number of aryl methyl sites for hydroxylation is 12. The third kappa shape index (κ3) is 104. The summed E-state index contributed by atoms with van der Waals surface area (Å²) >= 11 is 0. The van der Waals surface area contributed by atoms with Gasteiger partial charge in [0.25, 0.3) is 0 Å². The summed E-state index contributed by atoms with van der Waals surface area (Å²) < 4.78 is 85.2. The molecule has 120 heavy (non-hydrogen) atoms. The minimum Gasteiger partial charge on any atom is -0.816 e. The van der Waals surface area contributed by atoms with Crippen molar-refractivity contribution in [2.75, 3.05) is 0 Å². The predicted molar refractivity (Wildman–Crippen MR) is 436 cm³/mol. The molecule has 12 heterocycles. The number of pyridine rings is 12. The van der Waals surface area contributed by atoms with Crippen LogP contribution in [0, 0.1) is 0 Å². The zero-order valence-corrected chi connectivity index (χ0v) is 75.7. The first-order valence-corrected chi connectivity index (χ1v) is 44.1. The Morgan fingerprint density at radius 2 is 0.167 bits per heavy atom. The van der Waals surface area contributed by atoms with Crippen LogP contribution >= 0.6 is 52.1 Å². The Morgan fingerprint density at radius 3 is 0.192 bits per heavy atom. The van der Waals surface area contributed by atoms with E-state index >= 15 is 0 Å². The summed E-state index contributed by atoms with van der Waals surface area (Å²) in [5, 5.41) is 0. The first-order chi connectivity index (χ1) is 57.6. The Labute approximate surface area is 715 Å². The normalized spacial score (nSPS) is 9.10. The molecule has 36 heteroatoms. The largest absolute Gasteiger partial charge is 0.816 e. The van der Waals surface area contributed by atoms with E-state index in [1.165, 1.54) is 0 Å². The number of hydrogen-bond acceptors (Lipinski definition) is 12. The molecule has 0 aromatic carbocycles. The van der Waals surface area contributed by atoms with E-state index in [9.17, 15) is 25.2 Å². The Morgan fingerprint density at radius 1 is 0.125 bits per heavy atom. The van der Waals surface area contributed by atoms with Crippen molar-refractivity contribution in [3.8, 4) is 0 Å². The molecule has 0 spiro atoms. The van der Waals surface area contributed by atoms with Gasteiger partial charge in [0.2, 0.25) is 0 Å². The maximum atomic E-state index is 9.95. The van der Waals surface area contributed by atoms with Crippen LogP contribution in [0.3, 0.4) is 0 Å². The molecule has 0 atom stereocenters. The summed E-state index contributed by atoms with van der Waals surface area (Å²) in [4.78, 5) is 100. The number of hydrogen-bond donors (Lipinski definition) is 0. The van der Waals surface area contributed by atoms with Gasteiger partial charge in [0.05, 0.1) is 0 Å². The smallest absolute Gasteiger partial charge is 0.168 e. The third-order valence-electron chi connectivity index (χ3n) is 13.7. The molecule has 0 bridgehead atoms. The van der Waals surface area contributed by atoms with Crippen LogP contribution in [0.4, 0.5) is 25.2 Å². The second-order valence-electron chi connectivity index (χ2n) is 21.7. The van der Waals surface area contributed by atoms with E-state index in [1.807, 2.05) is 218 Å². The maximum absolute atomic E-state index is 9.95. The molecule has 660 valence electrons. The molecule has 0 aliphatic rings. The van der Waals surface area contributed by atoms with E-state index in [2.05, 4.69) is 287 Å². The van der Waals surface area contributed by atoms with Crippen LogP contribution in [0.5, 0.6) is 0 Å². The lowest BCUT2D eigenvalue weighted by Gasteiger charge is -2.14. The quantitative estimate of drug-likeness (QED) is 0.0849. The van der Waals surface area contributed by atoms with Gasteiger partial charge >= 0.3 is 0 Å².